The number of carbonyl (C=O) groups excluding carboxylic acids is 1. The Morgan fingerprint density at radius 2 is 1.87 bits per heavy atom. The van der Waals surface area contributed by atoms with Crippen LogP contribution in [0.5, 0.6) is 17.2 Å². The average Bonchev–Trinajstić information content (AvgIpc) is 3.01. The molecule has 0 unspecified atom stereocenters. The Balaban J connectivity index is 1.63. The summed E-state index contributed by atoms with van der Waals surface area (Å²) in [5.41, 5.74) is 0.642. The molecule has 0 fully saturated rings. The second kappa shape index (κ2) is 6.18. The van der Waals surface area contributed by atoms with Gasteiger partial charge in [-0.3, -0.25) is 10.1 Å². The fourth-order valence-corrected chi connectivity index (χ4v) is 1.96. The second-order valence-corrected chi connectivity index (χ2v) is 4.62. The van der Waals surface area contributed by atoms with Gasteiger partial charge in [0.2, 0.25) is 6.79 Å². The van der Waals surface area contributed by atoms with Gasteiger partial charge < -0.3 is 14.2 Å². The van der Waals surface area contributed by atoms with Crippen molar-refractivity contribution in [3.8, 4) is 17.2 Å². The molecule has 0 saturated heterocycles. The van der Waals surface area contributed by atoms with Crippen LogP contribution >= 0.6 is 0 Å². The number of nitro groups is 1. The van der Waals surface area contributed by atoms with Crippen LogP contribution in [-0.2, 0) is 4.79 Å². The van der Waals surface area contributed by atoms with Crippen LogP contribution in [0.3, 0.4) is 0 Å². The molecule has 0 amide bonds. The summed E-state index contributed by atoms with van der Waals surface area (Å²) in [6.07, 6.45) is 2.75. The van der Waals surface area contributed by atoms with E-state index in [1.165, 1.54) is 24.3 Å². The first kappa shape index (κ1) is 14.6. The normalized spacial score (nSPS) is 12.3. The maximum Gasteiger partial charge on any atom is 0.336 e. The van der Waals surface area contributed by atoms with E-state index in [1.54, 1.807) is 30.3 Å². The number of benzene rings is 2. The molecule has 0 atom stereocenters. The molecule has 2 aromatic carbocycles. The van der Waals surface area contributed by atoms with Gasteiger partial charge in [0.25, 0.3) is 5.69 Å². The molecular formula is C16H11NO6. The van der Waals surface area contributed by atoms with E-state index in [0.717, 1.165) is 0 Å². The summed E-state index contributed by atoms with van der Waals surface area (Å²) >= 11 is 0. The van der Waals surface area contributed by atoms with Crippen molar-refractivity contribution in [3.05, 3.63) is 64.2 Å². The van der Waals surface area contributed by atoms with Gasteiger partial charge in [-0.2, -0.15) is 0 Å². The minimum Gasteiger partial charge on any atom is -0.454 e. The predicted octanol–water partition coefficient (Wildman–Crippen LogP) is 2.94. The van der Waals surface area contributed by atoms with E-state index >= 15 is 0 Å². The van der Waals surface area contributed by atoms with Crippen molar-refractivity contribution < 1.29 is 23.9 Å². The fraction of sp³-hybridized carbons (Fsp3) is 0.0625. The lowest BCUT2D eigenvalue weighted by Crippen LogP contribution is -2.03. The van der Waals surface area contributed by atoms with Crippen molar-refractivity contribution >= 4 is 17.7 Å². The standard InChI is InChI=1S/C16H11NO6/c18-16(8-3-11-1-4-12(5-2-11)17(19)20)23-13-6-7-14-15(9-13)22-10-21-14/h1-9H,10H2/b8-3+. The number of nitro benzene ring substituents is 1. The first-order valence-electron chi connectivity index (χ1n) is 6.66. The number of ether oxygens (including phenoxy) is 3. The minimum atomic E-state index is -0.567. The molecule has 2 aromatic rings. The summed E-state index contributed by atoms with van der Waals surface area (Å²) in [5.74, 6) is 0.899. The van der Waals surface area contributed by atoms with Crippen LogP contribution in [-0.4, -0.2) is 17.7 Å². The van der Waals surface area contributed by atoms with Crippen LogP contribution in [0.25, 0.3) is 6.08 Å². The third kappa shape index (κ3) is 3.46. The van der Waals surface area contributed by atoms with Gasteiger partial charge >= 0.3 is 5.97 Å². The number of hydrogen-bond donors (Lipinski definition) is 0. The molecular weight excluding hydrogens is 302 g/mol. The molecule has 116 valence electrons. The smallest absolute Gasteiger partial charge is 0.336 e. The highest BCUT2D eigenvalue weighted by Crippen LogP contribution is 2.35. The molecule has 0 spiro atoms. The zero-order valence-electron chi connectivity index (χ0n) is 11.8. The molecule has 1 heterocycles. The summed E-state index contributed by atoms with van der Waals surface area (Å²) in [7, 11) is 0. The molecule has 3 rings (SSSR count). The van der Waals surface area contributed by atoms with E-state index in [-0.39, 0.29) is 12.5 Å². The van der Waals surface area contributed by atoms with Crippen LogP contribution in [0, 0.1) is 10.1 Å². The first-order chi connectivity index (χ1) is 11.1. The fourth-order valence-electron chi connectivity index (χ4n) is 1.96. The van der Waals surface area contributed by atoms with Crippen molar-refractivity contribution in [1.82, 2.24) is 0 Å². The van der Waals surface area contributed by atoms with E-state index in [4.69, 9.17) is 14.2 Å². The molecule has 1 aliphatic heterocycles. The number of fused-ring (bicyclic) bond motifs is 1. The van der Waals surface area contributed by atoms with E-state index in [9.17, 15) is 14.9 Å². The zero-order chi connectivity index (χ0) is 16.2. The van der Waals surface area contributed by atoms with Gasteiger partial charge in [-0.1, -0.05) is 0 Å². The third-order valence-corrected chi connectivity index (χ3v) is 3.08. The predicted molar refractivity (Wildman–Crippen MR) is 80.3 cm³/mol. The van der Waals surface area contributed by atoms with Crippen molar-refractivity contribution in [3.63, 3.8) is 0 Å². The summed E-state index contributed by atoms with van der Waals surface area (Å²) < 4.78 is 15.5. The van der Waals surface area contributed by atoms with Crippen LogP contribution in [0.1, 0.15) is 5.56 Å². The number of nitrogens with zero attached hydrogens (tertiary/aromatic N) is 1. The number of esters is 1. The SMILES string of the molecule is O=C(/C=C/c1ccc([N+](=O)[O-])cc1)Oc1ccc2c(c1)OCO2. The van der Waals surface area contributed by atoms with Gasteiger partial charge in [-0.25, -0.2) is 4.79 Å². The Morgan fingerprint density at radius 3 is 2.61 bits per heavy atom. The maximum absolute atomic E-state index is 11.8. The van der Waals surface area contributed by atoms with E-state index in [1.807, 2.05) is 0 Å². The molecule has 7 heteroatoms. The Bertz CT molecular complexity index is 782. The Morgan fingerprint density at radius 1 is 1.13 bits per heavy atom. The van der Waals surface area contributed by atoms with Crippen LogP contribution < -0.4 is 14.2 Å². The van der Waals surface area contributed by atoms with Gasteiger partial charge in [0.05, 0.1) is 4.92 Å². The third-order valence-electron chi connectivity index (χ3n) is 3.08. The molecule has 0 N–H and O–H groups in total. The van der Waals surface area contributed by atoms with E-state index in [0.29, 0.717) is 22.8 Å². The largest absolute Gasteiger partial charge is 0.454 e. The number of hydrogen-bond acceptors (Lipinski definition) is 6. The molecule has 0 saturated carbocycles. The number of carbonyl (C=O) groups is 1. The molecule has 1 aliphatic rings. The molecule has 0 aromatic heterocycles. The molecule has 0 bridgehead atoms. The first-order valence-corrected chi connectivity index (χ1v) is 6.66. The van der Waals surface area contributed by atoms with Crippen molar-refractivity contribution in [1.29, 1.82) is 0 Å². The highest BCUT2D eigenvalue weighted by molar-refractivity contribution is 5.88. The quantitative estimate of drug-likeness (QED) is 0.283. The zero-order valence-corrected chi connectivity index (χ0v) is 11.8. The summed E-state index contributed by atoms with van der Waals surface area (Å²) in [5, 5.41) is 10.6. The highest BCUT2D eigenvalue weighted by atomic mass is 16.7. The Hall–Kier alpha value is -3.35. The molecule has 0 radical (unpaired) electrons. The van der Waals surface area contributed by atoms with Gasteiger partial charge in [-0.05, 0) is 35.9 Å². The summed E-state index contributed by atoms with van der Waals surface area (Å²) in [6, 6.07) is 10.6. The Labute approximate surface area is 130 Å². The van der Waals surface area contributed by atoms with Crippen LogP contribution in [0.4, 0.5) is 5.69 Å². The summed E-state index contributed by atoms with van der Waals surface area (Å²) in [6.45, 7) is 0.146. The van der Waals surface area contributed by atoms with E-state index in [2.05, 4.69) is 0 Å². The van der Waals surface area contributed by atoms with Gasteiger partial charge in [0.1, 0.15) is 5.75 Å². The number of non-ortho nitro benzene ring substituents is 1. The van der Waals surface area contributed by atoms with Gasteiger partial charge in [0.15, 0.2) is 11.5 Å². The van der Waals surface area contributed by atoms with Crippen molar-refractivity contribution in [2.75, 3.05) is 6.79 Å². The second-order valence-electron chi connectivity index (χ2n) is 4.62. The van der Waals surface area contributed by atoms with Gasteiger partial charge in [-0.15, -0.1) is 0 Å². The van der Waals surface area contributed by atoms with Gasteiger partial charge in [0, 0.05) is 24.3 Å². The lowest BCUT2D eigenvalue weighted by molar-refractivity contribution is -0.384. The molecule has 23 heavy (non-hydrogen) atoms. The molecule has 7 nitrogen and oxygen atoms in total. The average molecular weight is 313 g/mol. The summed E-state index contributed by atoms with van der Waals surface area (Å²) in [4.78, 5) is 21.8. The Kier molecular flexibility index (Phi) is 3.92. The van der Waals surface area contributed by atoms with Crippen LogP contribution in [0.15, 0.2) is 48.5 Å². The molecule has 0 aliphatic carbocycles. The highest BCUT2D eigenvalue weighted by Gasteiger charge is 2.14. The lowest BCUT2D eigenvalue weighted by Gasteiger charge is -2.02. The van der Waals surface area contributed by atoms with Crippen LogP contribution in [0.2, 0.25) is 0 Å². The van der Waals surface area contributed by atoms with E-state index < -0.39 is 10.9 Å². The minimum absolute atomic E-state index is 0.00918. The monoisotopic (exact) mass is 313 g/mol. The number of rotatable bonds is 4. The lowest BCUT2D eigenvalue weighted by atomic mass is 10.2. The van der Waals surface area contributed by atoms with Crippen molar-refractivity contribution in [2.45, 2.75) is 0 Å². The topological polar surface area (TPSA) is 87.9 Å². The maximum atomic E-state index is 11.8. The van der Waals surface area contributed by atoms with Crippen molar-refractivity contribution in [2.24, 2.45) is 0 Å².